The highest BCUT2D eigenvalue weighted by Gasteiger charge is 2.07. The Bertz CT molecular complexity index is 520. The molecular formula is C17H22N2. The van der Waals surface area contributed by atoms with E-state index in [4.69, 9.17) is 5.73 Å². The molecule has 0 aliphatic rings. The summed E-state index contributed by atoms with van der Waals surface area (Å²) < 4.78 is 0. The van der Waals surface area contributed by atoms with Gasteiger partial charge in [0.2, 0.25) is 0 Å². The summed E-state index contributed by atoms with van der Waals surface area (Å²) in [5.74, 6) is 0. The predicted molar refractivity (Wildman–Crippen MR) is 82.5 cm³/mol. The molecule has 2 nitrogen and oxygen atoms in total. The lowest BCUT2D eigenvalue weighted by Gasteiger charge is -2.23. The first-order chi connectivity index (χ1) is 9.20. The van der Waals surface area contributed by atoms with Crippen LogP contribution in [0.1, 0.15) is 16.7 Å². The van der Waals surface area contributed by atoms with Crippen molar-refractivity contribution in [2.24, 2.45) is 5.73 Å². The topological polar surface area (TPSA) is 29.3 Å². The molecule has 0 amide bonds. The van der Waals surface area contributed by atoms with Crippen molar-refractivity contribution in [2.45, 2.75) is 19.9 Å². The molecule has 0 fully saturated rings. The molecule has 2 aromatic rings. The maximum Gasteiger partial charge on any atom is 0.0426 e. The smallest absolute Gasteiger partial charge is 0.0426 e. The number of rotatable bonds is 5. The van der Waals surface area contributed by atoms with Crippen LogP contribution in [0.2, 0.25) is 0 Å². The quantitative estimate of drug-likeness (QED) is 0.888. The minimum atomic E-state index is 0.690. The fourth-order valence-corrected chi connectivity index (χ4v) is 2.38. The molecule has 100 valence electrons. The number of hydrogen-bond acceptors (Lipinski definition) is 2. The van der Waals surface area contributed by atoms with Gasteiger partial charge in [-0.3, -0.25) is 0 Å². The first kappa shape index (κ1) is 13.6. The van der Waals surface area contributed by atoms with Gasteiger partial charge in [0.05, 0.1) is 0 Å². The average molecular weight is 254 g/mol. The summed E-state index contributed by atoms with van der Waals surface area (Å²) in [7, 11) is 2.14. The van der Waals surface area contributed by atoms with Crippen molar-refractivity contribution in [3.63, 3.8) is 0 Å². The summed E-state index contributed by atoms with van der Waals surface area (Å²) in [6.45, 7) is 3.73. The van der Waals surface area contributed by atoms with E-state index < -0.39 is 0 Å². The highest BCUT2D eigenvalue weighted by atomic mass is 15.1. The van der Waals surface area contributed by atoms with Crippen LogP contribution in [0.4, 0.5) is 5.69 Å². The zero-order valence-corrected chi connectivity index (χ0v) is 11.8. The molecule has 0 aliphatic carbocycles. The van der Waals surface area contributed by atoms with E-state index in [0.29, 0.717) is 6.54 Å². The Morgan fingerprint density at radius 3 is 2.47 bits per heavy atom. The minimum absolute atomic E-state index is 0.690. The maximum atomic E-state index is 5.71. The van der Waals surface area contributed by atoms with Gasteiger partial charge in [0.15, 0.2) is 0 Å². The van der Waals surface area contributed by atoms with Gasteiger partial charge in [0.25, 0.3) is 0 Å². The maximum absolute atomic E-state index is 5.71. The molecule has 0 saturated heterocycles. The van der Waals surface area contributed by atoms with Crippen molar-refractivity contribution in [3.8, 4) is 0 Å². The third-order valence-corrected chi connectivity index (χ3v) is 3.32. The summed E-state index contributed by atoms with van der Waals surface area (Å²) in [4.78, 5) is 2.29. The molecule has 0 unspecified atom stereocenters. The highest BCUT2D eigenvalue weighted by molar-refractivity contribution is 5.55. The summed E-state index contributed by atoms with van der Waals surface area (Å²) in [5, 5.41) is 0. The molecule has 0 bridgehead atoms. The van der Waals surface area contributed by atoms with E-state index >= 15 is 0 Å². The van der Waals surface area contributed by atoms with Crippen molar-refractivity contribution < 1.29 is 0 Å². The monoisotopic (exact) mass is 254 g/mol. The van der Waals surface area contributed by atoms with E-state index in [2.05, 4.69) is 67.4 Å². The van der Waals surface area contributed by atoms with Gasteiger partial charge in [-0.15, -0.1) is 0 Å². The number of hydrogen-bond donors (Lipinski definition) is 1. The van der Waals surface area contributed by atoms with Crippen LogP contribution in [-0.2, 0) is 13.0 Å². The van der Waals surface area contributed by atoms with Crippen LogP contribution >= 0.6 is 0 Å². The van der Waals surface area contributed by atoms with Crippen LogP contribution in [0.15, 0.2) is 48.5 Å². The fraction of sp³-hybridized carbons (Fsp3) is 0.294. The Morgan fingerprint density at radius 2 is 1.79 bits per heavy atom. The lowest BCUT2D eigenvalue weighted by molar-refractivity contribution is 0.891. The van der Waals surface area contributed by atoms with Crippen molar-refractivity contribution in [3.05, 3.63) is 65.2 Å². The molecule has 0 aliphatic heterocycles. The molecule has 0 heterocycles. The van der Waals surface area contributed by atoms with Crippen LogP contribution < -0.4 is 10.6 Å². The number of aryl methyl sites for hydroxylation is 1. The second kappa shape index (κ2) is 6.39. The van der Waals surface area contributed by atoms with E-state index in [-0.39, 0.29) is 0 Å². The van der Waals surface area contributed by atoms with Gasteiger partial charge < -0.3 is 10.6 Å². The number of nitrogens with two attached hydrogens (primary N) is 1. The van der Waals surface area contributed by atoms with Crippen LogP contribution in [0, 0.1) is 6.92 Å². The average Bonchev–Trinajstić information content (AvgIpc) is 2.40. The van der Waals surface area contributed by atoms with E-state index in [1.54, 1.807) is 0 Å². The van der Waals surface area contributed by atoms with Gasteiger partial charge in [-0.2, -0.15) is 0 Å². The Hall–Kier alpha value is -1.80. The molecule has 0 aromatic heterocycles. The second-order valence-electron chi connectivity index (χ2n) is 5.01. The fourth-order valence-electron chi connectivity index (χ4n) is 2.38. The van der Waals surface area contributed by atoms with Crippen molar-refractivity contribution >= 4 is 5.69 Å². The third-order valence-electron chi connectivity index (χ3n) is 3.32. The van der Waals surface area contributed by atoms with Gasteiger partial charge >= 0.3 is 0 Å². The molecule has 2 heteroatoms. The Kier molecular flexibility index (Phi) is 4.58. The van der Waals surface area contributed by atoms with Crippen molar-refractivity contribution in [1.29, 1.82) is 0 Å². The molecule has 0 radical (unpaired) electrons. The van der Waals surface area contributed by atoms with E-state index in [9.17, 15) is 0 Å². The van der Waals surface area contributed by atoms with Gasteiger partial charge in [-0.05, 0) is 37.1 Å². The molecule has 0 spiro atoms. The van der Waals surface area contributed by atoms with Gasteiger partial charge in [-0.1, -0.05) is 48.0 Å². The van der Waals surface area contributed by atoms with Crippen LogP contribution in [0.5, 0.6) is 0 Å². The molecule has 0 saturated carbocycles. The standard InChI is InChI=1S/C17H22N2/c1-14-8-9-17(16(12-14)10-11-18)19(2)13-15-6-4-3-5-7-15/h3-9,12H,10-11,13,18H2,1-2H3. The van der Waals surface area contributed by atoms with E-state index in [1.807, 2.05) is 0 Å². The predicted octanol–water partition coefficient (Wildman–Crippen LogP) is 3.13. The lowest BCUT2D eigenvalue weighted by atomic mass is 10.0. The second-order valence-corrected chi connectivity index (χ2v) is 5.01. The summed E-state index contributed by atoms with van der Waals surface area (Å²) in [6, 6.07) is 17.1. The molecule has 0 atom stereocenters. The largest absolute Gasteiger partial charge is 0.370 e. The summed E-state index contributed by atoms with van der Waals surface area (Å²) >= 11 is 0. The summed E-state index contributed by atoms with van der Waals surface area (Å²) in [6.07, 6.45) is 0.927. The van der Waals surface area contributed by atoms with Gasteiger partial charge in [0.1, 0.15) is 0 Å². The Morgan fingerprint density at radius 1 is 1.05 bits per heavy atom. The first-order valence-electron chi connectivity index (χ1n) is 6.75. The molecular weight excluding hydrogens is 232 g/mol. The molecule has 19 heavy (non-hydrogen) atoms. The van der Waals surface area contributed by atoms with Gasteiger partial charge in [-0.25, -0.2) is 0 Å². The van der Waals surface area contributed by atoms with E-state index in [0.717, 1.165) is 13.0 Å². The SMILES string of the molecule is Cc1ccc(N(C)Cc2ccccc2)c(CCN)c1. The zero-order chi connectivity index (χ0) is 13.7. The third kappa shape index (κ3) is 3.58. The Balaban J connectivity index is 2.20. The van der Waals surface area contributed by atoms with Crippen molar-refractivity contribution in [1.82, 2.24) is 0 Å². The zero-order valence-electron chi connectivity index (χ0n) is 11.8. The molecule has 2 aromatic carbocycles. The first-order valence-corrected chi connectivity index (χ1v) is 6.75. The lowest BCUT2D eigenvalue weighted by Crippen LogP contribution is -2.19. The number of anilines is 1. The van der Waals surface area contributed by atoms with Crippen LogP contribution in [0.3, 0.4) is 0 Å². The summed E-state index contributed by atoms with van der Waals surface area (Å²) in [5.41, 5.74) is 10.9. The number of benzene rings is 2. The number of nitrogens with zero attached hydrogens (tertiary/aromatic N) is 1. The van der Waals surface area contributed by atoms with Crippen LogP contribution in [-0.4, -0.2) is 13.6 Å². The van der Waals surface area contributed by atoms with Crippen LogP contribution in [0.25, 0.3) is 0 Å². The highest BCUT2D eigenvalue weighted by Crippen LogP contribution is 2.23. The normalized spacial score (nSPS) is 10.5. The molecule has 2 rings (SSSR count). The van der Waals surface area contributed by atoms with E-state index in [1.165, 1.54) is 22.4 Å². The van der Waals surface area contributed by atoms with Crippen molar-refractivity contribution in [2.75, 3.05) is 18.5 Å². The minimum Gasteiger partial charge on any atom is -0.370 e. The van der Waals surface area contributed by atoms with Gasteiger partial charge in [0, 0.05) is 19.3 Å². The Labute approximate surface area is 115 Å². The molecule has 2 N–H and O–H groups in total.